The first-order valence-electron chi connectivity index (χ1n) is 25.3. The van der Waals surface area contributed by atoms with E-state index in [1.54, 1.807) is 13.8 Å². The quantitative estimate of drug-likeness (QED) is 0.0414. The SMILES string of the molecule is C=CC(=O)OC.CC(C)(C)OCl.CC1(C)CCC(=O)N1.CC1(CCl)CCC(=O)N1.CC1(CCl)CCC(=O)N1Cl.CC1(CO)CCC(=O)N1.CCCC(C)(C)[N+](=O)[O-].CCN(CC)CC.COC(=O)C(C)[N+](=O)[O-].O=C=O.O=C=O.O=C=O.[B].[H-].[Na+]. The van der Waals surface area contributed by atoms with E-state index in [9.17, 15) is 49.0 Å². The summed E-state index contributed by atoms with van der Waals surface area (Å²) in [6.07, 6.45) is 9.15. The van der Waals surface area contributed by atoms with E-state index in [-0.39, 0.29) is 121 Å². The maximum absolute atomic E-state index is 10.9. The predicted molar refractivity (Wildman–Crippen MR) is 311 cm³/mol. The molecule has 4 aliphatic rings. The summed E-state index contributed by atoms with van der Waals surface area (Å²) < 4.78 is 13.9. The molecule has 4 fully saturated rings. The molecule has 33 heteroatoms. The van der Waals surface area contributed by atoms with Crippen molar-refractivity contribution in [3.05, 3.63) is 32.9 Å². The van der Waals surface area contributed by atoms with Gasteiger partial charge < -0.3 is 36.9 Å². The second-order valence-corrected chi connectivity index (χ2v) is 21.4. The summed E-state index contributed by atoms with van der Waals surface area (Å²) in [6, 6.07) is -1.25. The molecule has 4 aliphatic heterocycles. The summed E-state index contributed by atoms with van der Waals surface area (Å²) >= 11 is 21.9. The number of methoxy groups -OCH3 is 2. The molecule has 4 heterocycles. The van der Waals surface area contributed by atoms with Gasteiger partial charge in [-0.25, -0.2) is 14.0 Å². The van der Waals surface area contributed by atoms with Gasteiger partial charge in [-0.15, -0.1) is 23.2 Å². The van der Waals surface area contributed by atoms with Crippen LogP contribution in [0, 0.1) is 20.2 Å². The number of amides is 4. The zero-order valence-corrected chi connectivity index (χ0v) is 57.3. The van der Waals surface area contributed by atoms with E-state index in [0.29, 0.717) is 43.9 Å². The number of nitrogens with one attached hydrogen (secondary N) is 3. The molecular weight excluding hydrogens is 1210 g/mol. The monoisotopic (exact) mass is 1300 g/mol. The number of halogens is 4. The van der Waals surface area contributed by atoms with E-state index in [0.717, 1.165) is 45.3 Å². The molecule has 0 spiro atoms. The van der Waals surface area contributed by atoms with Crippen LogP contribution in [0.25, 0.3) is 0 Å². The number of esters is 2. The third kappa shape index (κ3) is 60.7. The Morgan fingerprint density at radius 2 is 1.13 bits per heavy atom. The first kappa shape index (κ1) is 102. The van der Waals surface area contributed by atoms with Crippen molar-refractivity contribution in [2.75, 3.05) is 52.2 Å². The van der Waals surface area contributed by atoms with Crippen LogP contribution < -0.4 is 45.5 Å². The number of nitro groups is 2. The number of aliphatic hydroxyl groups is 1. The molecule has 0 aliphatic carbocycles. The molecule has 4 atom stereocenters. The van der Waals surface area contributed by atoms with Gasteiger partial charge in [0, 0.05) is 106 Å². The van der Waals surface area contributed by atoms with Crippen LogP contribution in [0.3, 0.4) is 0 Å². The summed E-state index contributed by atoms with van der Waals surface area (Å²) in [5, 5.41) is 37.1. The van der Waals surface area contributed by atoms with E-state index in [2.05, 4.69) is 62.0 Å². The number of aliphatic hydroxyl groups excluding tert-OH is 1. The second-order valence-electron chi connectivity index (χ2n) is 20.3. The summed E-state index contributed by atoms with van der Waals surface area (Å²) in [4.78, 5) is 133. The van der Waals surface area contributed by atoms with Crippen LogP contribution in [0.2, 0.25) is 0 Å². The molecule has 483 valence electrons. The molecular formula is C51H92BCl4N7NaO20. The van der Waals surface area contributed by atoms with Crippen LogP contribution in [-0.2, 0) is 71.3 Å². The Hall–Kier alpha value is -4.40. The van der Waals surface area contributed by atoms with E-state index < -0.39 is 28.4 Å². The van der Waals surface area contributed by atoms with Crippen LogP contribution in [0.4, 0.5) is 0 Å². The molecule has 4 N–H and O–H groups in total. The van der Waals surface area contributed by atoms with Gasteiger partial charge in [0.25, 0.3) is 0 Å². The van der Waals surface area contributed by atoms with Gasteiger partial charge >= 0.3 is 66.0 Å². The van der Waals surface area contributed by atoms with Crippen molar-refractivity contribution in [3.63, 3.8) is 0 Å². The van der Waals surface area contributed by atoms with Crippen LogP contribution >= 0.6 is 46.8 Å². The normalized spacial score (nSPS) is 18.9. The maximum atomic E-state index is 10.9. The van der Waals surface area contributed by atoms with Gasteiger partial charge in [-0.1, -0.05) is 34.3 Å². The molecule has 0 bridgehead atoms. The van der Waals surface area contributed by atoms with E-state index >= 15 is 0 Å². The number of hydrogen-bond acceptors (Lipinski definition) is 21. The van der Waals surface area contributed by atoms with Gasteiger partial charge in [-0.05, 0) is 107 Å². The largest absolute Gasteiger partial charge is 1.00 e. The maximum Gasteiger partial charge on any atom is 1.00 e. The number of alkyl halides is 2. The van der Waals surface area contributed by atoms with Crippen LogP contribution in [0.5, 0.6) is 0 Å². The van der Waals surface area contributed by atoms with Crippen molar-refractivity contribution in [1.29, 1.82) is 0 Å². The average Bonchev–Trinajstić information content (AvgIpc) is 4.14. The summed E-state index contributed by atoms with van der Waals surface area (Å²) in [7, 11) is 2.42. The minimum absolute atomic E-state index is 0. The Bertz CT molecular complexity index is 1920. The predicted octanol–water partition coefficient (Wildman–Crippen LogP) is 3.28. The van der Waals surface area contributed by atoms with Crippen molar-refractivity contribution < 1.29 is 117 Å². The number of ether oxygens (including phenoxy) is 2. The molecule has 84 heavy (non-hydrogen) atoms. The third-order valence-electron chi connectivity index (χ3n) is 10.8. The van der Waals surface area contributed by atoms with Crippen LogP contribution in [-0.4, -0.2) is 178 Å². The summed E-state index contributed by atoms with van der Waals surface area (Å²) in [6.45, 7) is 35.2. The van der Waals surface area contributed by atoms with Crippen LogP contribution in [0.1, 0.15) is 169 Å². The number of carbonyl (C=O) groups is 6. The number of nitrogens with zero attached hydrogens (tertiary/aromatic N) is 4. The molecule has 4 saturated heterocycles. The Balaban J connectivity index is -0.0000000790. The van der Waals surface area contributed by atoms with Gasteiger partial charge in [0.2, 0.25) is 29.2 Å². The molecule has 4 amide bonds. The minimum Gasteiger partial charge on any atom is -1.00 e. The molecule has 27 nitrogen and oxygen atoms in total. The van der Waals surface area contributed by atoms with Gasteiger partial charge in [0.1, 0.15) is 0 Å². The Labute approximate surface area is 541 Å². The molecule has 0 aromatic heterocycles. The number of hydrogen-bond donors (Lipinski definition) is 4. The molecule has 4 rings (SSSR count). The zero-order valence-electron chi connectivity index (χ0n) is 53.3. The second kappa shape index (κ2) is 57.7. The van der Waals surface area contributed by atoms with Gasteiger partial charge in [-0.2, -0.15) is 28.8 Å². The van der Waals surface area contributed by atoms with Crippen molar-refractivity contribution in [1.82, 2.24) is 25.3 Å². The third-order valence-corrected chi connectivity index (χ3v) is 13.0. The smallest absolute Gasteiger partial charge is 1.00 e. The van der Waals surface area contributed by atoms with Crippen molar-refractivity contribution >= 4 is 109 Å². The minimum atomic E-state index is -1.25. The number of rotatable bonds is 12. The first-order chi connectivity index (χ1) is 37.6. The molecule has 4 unspecified atom stereocenters. The number of carbonyl (C=O) groups excluding carboxylic acids is 12. The first-order valence-corrected chi connectivity index (χ1v) is 27.0. The molecule has 0 aromatic carbocycles. The zero-order chi connectivity index (χ0) is 66.7. The van der Waals surface area contributed by atoms with E-state index in [1.807, 2.05) is 62.3 Å². The fourth-order valence-electron chi connectivity index (χ4n) is 5.56. The van der Waals surface area contributed by atoms with Gasteiger partial charge in [-0.3, -0.25) is 43.7 Å². The van der Waals surface area contributed by atoms with Crippen LogP contribution in [0.15, 0.2) is 12.7 Å². The standard InChI is InChI=1S/C6H9Cl2NO.C6H10ClNO.C6H11NO2.C6H13NO2.C6H11NO.C6H15N.C4H9ClO.C4H7NO4.C4H6O2.3CO2.B.Na.H/c1-6(4-7)3-2-5(10)9(6)8;1-6(4-7)3-2-5(9)8-6;1-6(4-8)3-2-5(9)7-6;1-4-5-6(2,3)7(8)9;1-6(2)4-3-5(8)7-6;1-4-7(5-2)6-3;1-4(2,3)6-5;1-3(5(7)8)4(6)9-2;1-3-4(5)6-2;3*2-1-3;;;/h2-4H2,1H3;2-4H2,1H3,(H,8,9);8H,2-4H2,1H3,(H,7,9);4-5H2,1-3H3;3-4H2,1-2H3,(H,7,8);4-6H2,1-3H3;1-3H3;3H,1-2H3;3H,1H2,2H3;;;;;;/q;;;;;;;;;;;;;+1;-1. The van der Waals surface area contributed by atoms with Crippen molar-refractivity contribution in [2.24, 2.45) is 0 Å². The fraction of sp³-hybridized carbons (Fsp3) is 0.784. The van der Waals surface area contributed by atoms with E-state index in [4.69, 9.17) is 80.7 Å². The Kier molecular flexibility index (Phi) is 69.7. The molecule has 3 radical (unpaired) electrons. The van der Waals surface area contributed by atoms with E-state index in [1.165, 1.54) is 38.1 Å². The van der Waals surface area contributed by atoms with Gasteiger partial charge in [0.05, 0.1) is 54.9 Å². The van der Waals surface area contributed by atoms with Gasteiger partial charge in [0.15, 0.2) is 0 Å². The van der Waals surface area contributed by atoms with Crippen molar-refractivity contribution in [3.8, 4) is 0 Å². The topological polar surface area (TPSA) is 382 Å². The molecule has 0 saturated carbocycles. The fourth-order valence-corrected chi connectivity index (χ4v) is 6.30. The molecule has 0 aromatic rings. The Morgan fingerprint density at radius 1 is 0.762 bits per heavy atom. The summed E-state index contributed by atoms with van der Waals surface area (Å²) in [5.74, 6) is 0.0422. The Morgan fingerprint density at radius 3 is 1.23 bits per heavy atom. The average molecular weight is 1300 g/mol. The summed E-state index contributed by atoms with van der Waals surface area (Å²) in [5.41, 5.74) is -1.64. The van der Waals surface area contributed by atoms with Crippen molar-refractivity contribution in [2.45, 2.75) is 207 Å².